The van der Waals surface area contributed by atoms with Crippen molar-refractivity contribution in [1.29, 1.82) is 0 Å². The third kappa shape index (κ3) is 3.17. The summed E-state index contributed by atoms with van der Waals surface area (Å²) in [5.41, 5.74) is 0. The van der Waals surface area contributed by atoms with Crippen LogP contribution in [0.5, 0.6) is 0 Å². The molecule has 0 amide bonds. The van der Waals surface area contributed by atoms with E-state index in [2.05, 4.69) is 20.4 Å². The van der Waals surface area contributed by atoms with Crippen molar-refractivity contribution >= 4 is 6.01 Å². The van der Waals surface area contributed by atoms with Gasteiger partial charge < -0.3 is 19.7 Å². The summed E-state index contributed by atoms with van der Waals surface area (Å²) < 4.78 is 5.57. The quantitative estimate of drug-likeness (QED) is 0.749. The summed E-state index contributed by atoms with van der Waals surface area (Å²) in [5, 5.41) is 20.1. The highest BCUT2D eigenvalue weighted by atomic mass is 16.4. The van der Waals surface area contributed by atoms with Gasteiger partial charge in [0.1, 0.15) is 0 Å². The van der Waals surface area contributed by atoms with Crippen LogP contribution in [0.1, 0.15) is 25.7 Å². The average Bonchev–Trinajstić information content (AvgIpc) is 2.95. The van der Waals surface area contributed by atoms with Crippen molar-refractivity contribution < 1.29 is 9.52 Å². The van der Waals surface area contributed by atoms with Gasteiger partial charge in [0.15, 0.2) is 0 Å². The number of aliphatic hydroxyl groups is 1. The molecule has 6 nitrogen and oxygen atoms in total. The van der Waals surface area contributed by atoms with E-state index in [0.717, 1.165) is 32.5 Å². The largest absolute Gasteiger partial charge is 0.407 e. The van der Waals surface area contributed by atoms with Crippen LogP contribution in [0.15, 0.2) is 4.42 Å². The first kappa shape index (κ1) is 12.3. The summed E-state index contributed by atoms with van der Waals surface area (Å²) in [6.07, 6.45) is 1.94. The highest BCUT2D eigenvalue weighted by Crippen LogP contribution is 2.24. The first-order valence-corrected chi connectivity index (χ1v) is 6.22. The van der Waals surface area contributed by atoms with Crippen LogP contribution in [0.25, 0.3) is 0 Å². The van der Waals surface area contributed by atoms with Gasteiger partial charge in [0.05, 0.1) is 6.54 Å². The van der Waals surface area contributed by atoms with Crippen LogP contribution in [-0.2, 0) is 6.54 Å². The van der Waals surface area contributed by atoms with Crippen molar-refractivity contribution in [3.05, 3.63) is 5.89 Å². The first-order valence-electron chi connectivity index (χ1n) is 6.22. The number of hydrogen-bond acceptors (Lipinski definition) is 6. The Balaban J connectivity index is 1.88. The lowest BCUT2D eigenvalue weighted by molar-refractivity contribution is 0.263. The molecule has 1 unspecified atom stereocenters. The second-order valence-electron chi connectivity index (χ2n) is 4.37. The fraction of sp³-hybridized carbons (Fsp3) is 0.818. The van der Waals surface area contributed by atoms with E-state index in [1.807, 2.05) is 6.92 Å². The third-order valence-electron chi connectivity index (χ3n) is 3.08. The Hall–Kier alpha value is -1.14. The van der Waals surface area contributed by atoms with Crippen molar-refractivity contribution in [3.63, 3.8) is 0 Å². The molecule has 96 valence electrons. The SMILES string of the molecule is CCNCc1nnc(N2CCC(CCO)C2)o1. The standard InChI is InChI=1S/C11H20N4O2/c1-2-12-7-10-13-14-11(17-10)15-5-3-9(8-15)4-6-16/h9,12,16H,2-8H2,1H3. The minimum Gasteiger partial charge on any atom is -0.407 e. The summed E-state index contributed by atoms with van der Waals surface area (Å²) in [5.74, 6) is 1.18. The van der Waals surface area contributed by atoms with E-state index in [0.29, 0.717) is 24.4 Å². The number of aromatic nitrogens is 2. The zero-order chi connectivity index (χ0) is 12.1. The maximum absolute atomic E-state index is 8.91. The fourth-order valence-electron chi connectivity index (χ4n) is 2.10. The highest BCUT2D eigenvalue weighted by molar-refractivity contribution is 5.26. The molecule has 1 aromatic heterocycles. The Labute approximate surface area is 101 Å². The Bertz CT molecular complexity index is 342. The molecule has 0 aliphatic carbocycles. The minimum atomic E-state index is 0.258. The van der Waals surface area contributed by atoms with Crippen LogP contribution in [0.4, 0.5) is 6.01 Å². The van der Waals surface area contributed by atoms with E-state index in [9.17, 15) is 0 Å². The molecule has 1 aliphatic heterocycles. The minimum absolute atomic E-state index is 0.258. The maximum Gasteiger partial charge on any atom is 0.318 e. The van der Waals surface area contributed by atoms with Crippen molar-refractivity contribution in [3.8, 4) is 0 Å². The Kier molecular flexibility index (Phi) is 4.33. The molecule has 1 aliphatic rings. The molecule has 0 saturated carbocycles. The van der Waals surface area contributed by atoms with E-state index in [4.69, 9.17) is 9.52 Å². The molecule has 6 heteroatoms. The van der Waals surface area contributed by atoms with E-state index in [1.54, 1.807) is 0 Å². The van der Waals surface area contributed by atoms with E-state index in [1.165, 1.54) is 0 Å². The molecule has 1 saturated heterocycles. The monoisotopic (exact) mass is 240 g/mol. The predicted octanol–water partition coefficient (Wildman–Crippen LogP) is 0.388. The summed E-state index contributed by atoms with van der Waals surface area (Å²) in [6, 6.07) is 0.610. The van der Waals surface area contributed by atoms with Crippen LogP contribution in [0.3, 0.4) is 0 Å². The van der Waals surface area contributed by atoms with Crippen LogP contribution in [0, 0.1) is 5.92 Å². The molecule has 17 heavy (non-hydrogen) atoms. The van der Waals surface area contributed by atoms with Crippen molar-refractivity contribution in [2.75, 3.05) is 31.1 Å². The van der Waals surface area contributed by atoms with Crippen LogP contribution >= 0.6 is 0 Å². The molecule has 1 aromatic rings. The van der Waals surface area contributed by atoms with Crippen LogP contribution < -0.4 is 10.2 Å². The lowest BCUT2D eigenvalue weighted by Gasteiger charge is -2.12. The second-order valence-corrected chi connectivity index (χ2v) is 4.37. The summed E-state index contributed by atoms with van der Waals surface area (Å²) >= 11 is 0. The Morgan fingerprint density at radius 2 is 2.41 bits per heavy atom. The topological polar surface area (TPSA) is 74.4 Å². The zero-order valence-corrected chi connectivity index (χ0v) is 10.2. The lowest BCUT2D eigenvalue weighted by atomic mass is 10.1. The van der Waals surface area contributed by atoms with Gasteiger partial charge >= 0.3 is 6.01 Å². The molecule has 2 N–H and O–H groups in total. The molecule has 2 heterocycles. The summed E-state index contributed by atoms with van der Waals surface area (Å²) in [6.45, 7) is 5.65. The van der Waals surface area contributed by atoms with Gasteiger partial charge in [0.25, 0.3) is 0 Å². The van der Waals surface area contributed by atoms with Crippen LogP contribution in [-0.4, -0.2) is 41.5 Å². The second kappa shape index (κ2) is 5.97. The molecular formula is C11H20N4O2. The average molecular weight is 240 g/mol. The number of rotatable bonds is 6. The van der Waals surface area contributed by atoms with Gasteiger partial charge in [-0.05, 0) is 25.3 Å². The van der Waals surface area contributed by atoms with Gasteiger partial charge in [0.2, 0.25) is 5.89 Å². The number of anilines is 1. The highest BCUT2D eigenvalue weighted by Gasteiger charge is 2.25. The third-order valence-corrected chi connectivity index (χ3v) is 3.08. The number of aliphatic hydroxyl groups excluding tert-OH is 1. The molecule has 0 spiro atoms. The van der Waals surface area contributed by atoms with Crippen molar-refractivity contribution in [1.82, 2.24) is 15.5 Å². The number of nitrogens with one attached hydrogen (secondary N) is 1. The van der Waals surface area contributed by atoms with Gasteiger partial charge in [-0.1, -0.05) is 12.0 Å². The van der Waals surface area contributed by atoms with Crippen molar-refractivity contribution in [2.24, 2.45) is 5.92 Å². The number of nitrogens with zero attached hydrogens (tertiary/aromatic N) is 3. The van der Waals surface area contributed by atoms with Crippen molar-refractivity contribution in [2.45, 2.75) is 26.3 Å². The lowest BCUT2D eigenvalue weighted by Crippen LogP contribution is -2.20. The van der Waals surface area contributed by atoms with Gasteiger partial charge in [-0.2, -0.15) is 0 Å². The predicted molar refractivity (Wildman–Crippen MR) is 63.7 cm³/mol. The van der Waals surface area contributed by atoms with Gasteiger partial charge in [-0.3, -0.25) is 0 Å². The molecule has 0 aromatic carbocycles. The maximum atomic E-state index is 8.91. The molecular weight excluding hydrogens is 220 g/mol. The summed E-state index contributed by atoms with van der Waals surface area (Å²) in [7, 11) is 0. The molecule has 0 radical (unpaired) electrons. The molecule has 2 rings (SSSR count). The fourth-order valence-corrected chi connectivity index (χ4v) is 2.10. The van der Waals surface area contributed by atoms with Gasteiger partial charge in [0, 0.05) is 19.7 Å². The normalized spacial score (nSPS) is 20.1. The van der Waals surface area contributed by atoms with Crippen LogP contribution in [0.2, 0.25) is 0 Å². The number of hydrogen-bond donors (Lipinski definition) is 2. The summed E-state index contributed by atoms with van der Waals surface area (Å²) in [4.78, 5) is 2.10. The van der Waals surface area contributed by atoms with E-state index < -0.39 is 0 Å². The van der Waals surface area contributed by atoms with E-state index >= 15 is 0 Å². The molecule has 1 fully saturated rings. The van der Waals surface area contributed by atoms with Gasteiger partial charge in [-0.25, -0.2) is 0 Å². The Morgan fingerprint density at radius 3 is 3.18 bits per heavy atom. The first-order chi connectivity index (χ1) is 8.33. The van der Waals surface area contributed by atoms with E-state index in [-0.39, 0.29) is 6.61 Å². The molecule has 0 bridgehead atoms. The molecule has 1 atom stereocenters. The Morgan fingerprint density at radius 1 is 1.53 bits per heavy atom. The smallest absolute Gasteiger partial charge is 0.318 e. The van der Waals surface area contributed by atoms with Gasteiger partial charge in [-0.15, -0.1) is 5.10 Å². The zero-order valence-electron chi connectivity index (χ0n) is 10.2.